The number of likely N-dealkylation sites (tertiary alicyclic amines) is 1. The minimum atomic E-state index is -0.607. The smallest absolute Gasteiger partial charge is 0.306 e. The van der Waals surface area contributed by atoms with E-state index in [2.05, 4.69) is 17.1 Å². The van der Waals surface area contributed by atoms with Crippen molar-refractivity contribution >= 4 is 5.97 Å². The van der Waals surface area contributed by atoms with Crippen molar-refractivity contribution in [2.45, 2.75) is 64.0 Å². The van der Waals surface area contributed by atoms with E-state index in [9.17, 15) is 4.79 Å². The first-order chi connectivity index (χ1) is 9.19. The Labute approximate surface area is 116 Å². The van der Waals surface area contributed by atoms with Gasteiger partial charge in [0.05, 0.1) is 5.92 Å². The number of carbonyl (C=O) groups is 1. The van der Waals surface area contributed by atoms with Crippen LogP contribution in [0.2, 0.25) is 0 Å². The van der Waals surface area contributed by atoms with E-state index in [1.54, 1.807) is 0 Å². The standard InChI is InChI=1S/C15H28N2O2/c1-2-8-17-9-6-13(7-10-17)16-14-5-3-4-12(11-14)15(18)19/h12-14,16H,2-11H2,1H3,(H,18,19). The van der Waals surface area contributed by atoms with E-state index in [0.29, 0.717) is 12.1 Å². The van der Waals surface area contributed by atoms with Crippen molar-refractivity contribution in [2.24, 2.45) is 5.92 Å². The van der Waals surface area contributed by atoms with Gasteiger partial charge in [0.25, 0.3) is 0 Å². The molecule has 2 atom stereocenters. The third-order valence-corrected chi connectivity index (χ3v) is 4.62. The van der Waals surface area contributed by atoms with E-state index >= 15 is 0 Å². The van der Waals surface area contributed by atoms with Crippen molar-refractivity contribution in [3.8, 4) is 0 Å². The van der Waals surface area contributed by atoms with Gasteiger partial charge in [-0.15, -0.1) is 0 Å². The molecule has 0 aromatic rings. The quantitative estimate of drug-likeness (QED) is 0.801. The fourth-order valence-corrected chi connectivity index (χ4v) is 3.54. The van der Waals surface area contributed by atoms with Crippen LogP contribution in [0, 0.1) is 5.92 Å². The lowest BCUT2D eigenvalue weighted by Gasteiger charge is -2.36. The molecule has 2 unspecified atom stereocenters. The second kappa shape index (κ2) is 7.25. The van der Waals surface area contributed by atoms with Crippen LogP contribution in [0.4, 0.5) is 0 Å². The van der Waals surface area contributed by atoms with E-state index in [1.807, 2.05) is 0 Å². The number of nitrogens with zero attached hydrogens (tertiary/aromatic N) is 1. The molecular weight excluding hydrogens is 240 g/mol. The molecule has 2 N–H and O–H groups in total. The maximum absolute atomic E-state index is 11.1. The van der Waals surface area contributed by atoms with E-state index in [0.717, 1.165) is 25.7 Å². The monoisotopic (exact) mass is 268 g/mol. The number of rotatable bonds is 5. The van der Waals surface area contributed by atoms with Crippen LogP contribution in [0.25, 0.3) is 0 Å². The fourth-order valence-electron chi connectivity index (χ4n) is 3.54. The van der Waals surface area contributed by atoms with Gasteiger partial charge in [-0.05, 0) is 58.2 Å². The molecule has 1 aliphatic heterocycles. The van der Waals surface area contributed by atoms with E-state index in [-0.39, 0.29) is 5.92 Å². The van der Waals surface area contributed by atoms with Crippen LogP contribution in [-0.2, 0) is 4.79 Å². The van der Waals surface area contributed by atoms with Crippen LogP contribution >= 0.6 is 0 Å². The first kappa shape index (κ1) is 14.8. The molecule has 2 rings (SSSR count). The Morgan fingerprint density at radius 3 is 2.58 bits per heavy atom. The van der Waals surface area contributed by atoms with Gasteiger partial charge in [0, 0.05) is 12.1 Å². The summed E-state index contributed by atoms with van der Waals surface area (Å²) in [5.41, 5.74) is 0. The Hall–Kier alpha value is -0.610. The number of hydrogen-bond acceptors (Lipinski definition) is 3. The summed E-state index contributed by atoms with van der Waals surface area (Å²) in [5, 5.41) is 12.8. The molecular formula is C15H28N2O2. The Morgan fingerprint density at radius 2 is 1.95 bits per heavy atom. The van der Waals surface area contributed by atoms with Gasteiger partial charge in [-0.1, -0.05) is 13.3 Å². The van der Waals surface area contributed by atoms with Gasteiger partial charge in [-0.2, -0.15) is 0 Å². The lowest BCUT2D eigenvalue weighted by Crippen LogP contribution is -2.48. The van der Waals surface area contributed by atoms with Crippen LogP contribution in [0.5, 0.6) is 0 Å². The van der Waals surface area contributed by atoms with Gasteiger partial charge in [0.2, 0.25) is 0 Å². The first-order valence-corrected chi connectivity index (χ1v) is 7.90. The van der Waals surface area contributed by atoms with Crippen LogP contribution < -0.4 is 5.32 Å². The molecule has 2 fully saturated rings. The molecule has 4 heteroatoms. The maximum atomic E-state index is 11.1. The summed E-state index contributed by atoms with van der Waals surface area (Å²) in [7, 11) is 0. The first-order valence-electron chi connectivity index (χ1n) is 7.90. The summed E-state index contributed by atoms with van der Waals surface area (Å²) in [4.78, 5) is 13.6. The van der Waals surface area contributed by atoms with E-state index in [1.165, 1.54) is 38.9 Å². The van der Waals surface area contributed by atoms with E-state index < -0.39 is 5.97 Å². The van der Waals surface area contributed by atoms with Crippen LogP contribution in [0.1, 0.15) is 51.9 Å². The topological polar surface area (TPSA) is 52.6 Å². The molecule has 0 aromatic heterocycles. The second-order valence-electron chi connectivity index (χ2n) is 6.18. The van der Waals surface area contributed by atoms with Gasteiger partial charge >= 0.3 is 5.97 Å². The molecule has 1 heterocycles. The fraction of sp³-hybridized carbons (Fsp3) is 0.933. The molecule has 0 spiro atoms. The van der Waals surface area contributed by atoms with Crippen molar-refractivity contribution in [2.75, 3.05) is 19.6 Å². The van der Waals surface area contributed by atoms with Crippen LogP contribution in [0.3, 0.4) is 0 Å². The lowest BCUT2D eigenvalue weighted by molar-refractivity contribution is -0.143. The highest BCUT2D eigenvalue weighted by molar-refractivity contribution is 5.70. The molecule has 0 radical (unpaired) electrons. The Morgan fingerprint density at radius 1 is 1.21 bits per heavy atom. The Kier molecular flexibility index (Phi) is 5.64. The number of hydrogen-bond donors (Lipinski definition) is 2. The Bertz CT molecular complexity index is 288. The number of carboxylic acids is 1. The highest BCUT2D eigenvalue weighted by atomic mass is 16.4. The summed E-state index contributed by atoms with van der Waals surface area (Å²) in [6, 6.07) is 1.03. The molecule has 19 heavy (non-hydrogen) atoms. The molecule has 1 saturated heterocycles. The van der Waals surface area contributed by atoms with Crippen molar-refractivity contribution in [3.05, 3.63) is 0 Å². The summed E-state index contributed by atoms with van der Waals surface area (Å²) >= 11 is 0. The number of aliphatic carboxylic acids is 1. The van der Waals surface area contributed by atoms with Crippen molar-refractivity contribution in [1.82, 2.24) is 10.2 Å². The summed E-state index contributed by atoms with van der Waals surface area (Å²) in [5.74, 6) is -0.726. The van der Waals surface area contributed by atoms with Crippen molar-refractivity contribution < 1.29 is 9.90 Å². The number of carboxylic acid groups (broad SMARTS) is 1. The maximum Gasteiger partial charge on any atom is 0.306 e. The van der Waals surface area contributed by atoms with Gasteiger partial charge in [0.1, 0.15) is 0 Å². The summed E-state index contributed by atoms with van der Waals surface area (Å²) in [6.07, 6.45) is 7.57. The molecule has 4 nitrogen and oxygen atoms in total. The van der Waals surface area contributed by atoms with Gasteiger partial charge in [-0.3, -0.25) is 4.79 Å². The highest BCUT2D eigenvalue weighted by Crippen LogP contribution is 2.25. The van der Waals surface area contributed by atoms with Crippen molar-refractivity contribution in [1.29, 1.82) is 0 Å². The van der Waals surface area contributed by atoms with Crippen LogP contribution in [0.15, 0.2) is 0 Å². The SMILES string of the molecule is CCCN1CCC(NC2CCCC(C(=O)O)C2)CC1. The largest absolute Gasteiger partial charge is 0.481 e. The summed E-state index contributed by atoms with van der Waals surface area (Å²) in [6.45, 7) is 5.84. The zero-order valence-corrected chi connectivity index (χ0v) is 12.1. The lowest BCUT2D eigenvalue weighted by atomic mass is 9.85. The predicted molar refractivity (Wildman–Crippen MR) is 76.3 cm³/mol. The highest BCUT2D eigenvalue weighted by Gasteiger charge is 2.29. The second-order valence-corrected chi connectivity index (χ2v) is 6.18. The minimum Gasteiger partial charge on any atom is -0.481 e. The van der Waals surface area contributed by atoms with E-state index in [4.69, 9.17) is 5.11 Å². The Balaban J connectivity index is 1.71. The van der Waals surface area contributed by atoms with Gasteiger partial charge in [-0.25, -0.2) is 0 Å². The molecule has 2 aliphatic rings. The molecule has 1 saturated carbocycles. The van der Waals surface area contributed by atoms with Gasteiger partial charge in [0.15, 0.2) is 0 Å². The third kappa shape index (κ3) is 4.46. The summed E-state index contributed by atoms with van der Waals surface area (Å²) < 4.78 is 0. The third-order valence-electron chi connectivity index (χ3n) is 4.62. The average molecular weight is 268 g/mol. The molecule has 1 aliphatic carbocycles. The number of nitrogens with one attached hydrogen (secondary N) is 1. The van der Waals surface area contributed by atoms with Crippen LogP contribution in [-0.4, -0.2) is 47.7 Å². The molecule has 0 aromatic carbocycles. The normalized spacial score (nSPS) is 30.4. The molecule has 0 amide bonds. The zero-order valence-electron chi connectivity index (χ0n) is 12.1. The zero-order chi connectivity index (χ0) is 13.7. The minimum absolute atomic E-state index is 0.119. The molecule has 0 bridgehead atoms. The molecule has 110 valence electrons. The average Bonchev–Trinajstić information content (AvgIpc) is 2.42. The van der Waals surface area contributed by atoms with Gasteiger partial charge < -0.3 is 15.3 Å². The number of piperidine rings is 1. The predicted octanol–water partition coefficient (Wildman–Crippen LogP) is 2.09. The van der Waals surface area contributed by atoms with Crippen molar-refractivity contribution in [3.63, 3.8) is 0 Å².